The maximum absolute atomic E-state index is 12.9. The van der Waals surface area contributed by atoms with E-state index in [0.29, 0.717) is 34.8 Å². The average molecular weight is 378 g/mol. The minimum atomic E-state index is -0.872. The lowest BCUT2D eigenvalue weighted by molar-refractivity contribution is -0.137. The molecule has 2 aromatic rings. The molecule has 1 N–H and O–H groups in total. The highest BCUT2D eigenvalue weighted by atomic mass is 35.5. The minimum Gasteiger partial charge on any atom is -0.481 e. The first-order valence-corrected chi connectivity index (χ1v) is 8.81. The Hall–Kier alpha value is -2.34. The Kier molecular flexibility index (Phi) is 6.08. The number of aromatic nitrogens is 2. The van der Waals surface area contributed by atoms with Crippen molar-refractivity contribution >= 4 is 23.5 Å². The molecule has 0 spiro atoms. The molecule has 0 bridgehead atoms. The highest BCUT2D eigenvalue weighted by Crippen LogP contribution is 2.31. The number of carboxylic acid groups (broad SMARTS) is 1. The first kappa shape index (κ1) is 20.0. The van der Waals surface area contributed by atoms with E-state index < -0.39 is 5.97 Å². The van der Waals surface area contributed by atoms with E-state index in [2.05, 4.69) is 5.10 Å². The number of carboxylic acids is 1. The summed E-state index contributed by atoms with van der Waals surface area (Å²) in [5, 5.41) is 13.9. The van der Waals surface area contributed by atoms with Crippen molar-refractivity contribution < 1.29 is 14.7 Å². The molecule has 0 aliphatic heterocycles. The monoisotopic (exact) mass is 377 g/mol. The predicted octanol–water partition coefficient (Wildman–Crippen LogP) is 3.90. The van der Waals surface area contributed by atoms with E-state index in [9.17, 15) is 9.59 Å². The Balaban J connectivity index is 2.40. The van der Waals surface area contributed by atoms with Crippen LogP contribution in [0.1, 0.15) is 44.0 Å². The molecule has 0 aliphatic carbocycles. The van der Waals surface area contributed by atoms with E-state index in [1.807, 2.05) is 39.0 Å². The zero-order chi connectivity index (χ0) is 19.5. The summed E-state index contributed by atoms with van der Waals surface area (Å²) in [7, 11) is 1.66. The van der Waals surface area contributed by atoms with Crippen molar-refractivity contribution in [1.82, 2.24) is 14.7 Å². The fourth-order valence-electron chi connectivity index (χ4n) is 2.50. The standard InChI is InChI=1S/C19H24ClN3O3/c1-19(2,3)23-12-14(18(26)22(4)11-7-10-16(24)25)17(21-23)13-8-5-6-9-15(13)20/h5-6,8-9,12H,7,10-11H2,1-4H3,(H,24,25). The van der Waals surface area contributed by atoms with Gasteiger partial charge in [-0.25, -0.2) is 0 Å². The molecule has 6 nitrogen and oxygen atoms in total. The summed E-state index contributed by atoms with van der Waals surface area (Å²) in [5.41, 5.74) is 1.38. The van der Waals surface area contributed by atoms with E-state index >= 15 is 0 Å². The lowest BCUT2D eigenvalue weighted by Crippen LogP contribution is -2.28. The van der Waals surface area contributed by atoms with Crippen LogP contribution >= 0.6 is 11.6 Å². The number of nitrogens with zero attached hydrogens (tertiary/aromatic N) is 3. The van der Waals surface area contributed by atoms with Crippen molar-refractivity contribution in [3.8, 4) is 11.3 Å². The third-order valence-electron chi connectivity index (χ3n) is 3.99. The molecule has 0 fully saturated rings. The number of hydrogen-bond acceptors (Lipinski definition) is 3. The first-order valence-electron chi connectivity index (χ1n) is 8.43. The predicted molar refractivity (Wildman–Crippen MR) is 101 cm³/mol. The Morgan fingerprint density at radius 3 is 2.50 bits per heavy atom. The Labute approximate surface area is 158 Å². The fourth-order valence-corrected chi connectivity index (χ4v) is 2.73. The highest BCUT2D eigenvalue weighted by Gasteiger charge is 2.25. The first-order chi connectivity index (χ1) is 12.1. The SMILES string of the molecule is CN(CCCC(=O)O)C(=O)c1cn(C(C)(C)C)nc1-c1ccccc1Cl. The molecule has 0 saturated carbocycles. The number of benzene rings is 1. The van der Waals surface area contributed by atoms with Crippen LogP contribution in [0.5, 0.6) is 0 Å². The second-order valence-corrected chi connectivity index (χ2v) is 7.62. The lowest BCUT2D eigenvalue weighted by Gasteiger charge is -2.19. The Bertz CT molecular complexity index is 809. The molecular weight excluding hydrogens is 354 g/mol. The number of halogens is 1. The molecule has 2 rings (SSSR count). The van der Waals surface area contributed by atoms with Crippen LogP contribution < -0.4 is 0 Å². The maximum Gasteiger partial charge on any atom is 0.303 e. The normalized spacial score (nSPS) is 11.4. The summed E-state index contributed by atoms with van der Waals surface area (Å²) >= 11 is 6.32. The van der Waals surface area contributed by atoms with Crippen LogP contribution in [-0.2, 0) is 10.3 Å². The molecule has 26 heavy (non-hydrogen) atoms. The van der Waals surface area contributed by atoms with E-state index in [-0.39, 0.29) is 17.9 Å². The van der Waals surface area contributed by atoms with Crippen LogP contribution in [-0.4, -0.2) is 45.3 Å². The number of carbonyl (C=O) groups excluding carboxylic acids is 1. The van der Waals surface area contributed by atoms with Crippen LogP contribution in [0.3, 0.4) is 0 Å². The zero-order valence-corrected chi connectivity index (χ0v) is 16.2. The summed E-state index contributed by atoms with van der Waals surface area (Å²) in [6, 6.07) is 7.27. The summed E-state index contributed by atoms with van der Waals surface area (Å²) < 4.78 is 1.75. The number of hydrogen-bond donors (Lipinski definition) is 1. The van der Waals surface area contributed by atoms with Crippen molar-refractivity contribution in [3.63, 3.8) is 0 Å². The van der Waals surface area contributed by atoms with Crippen molar-refractivity contribution in [1.29, 1.82) is 0 Å². The van der Waals surface area contributed by atoms with Gasteiger partial charge in [-0.1, -0.05) is 29.8 Å². The Morgan fingerprint density at radius 2 is 1.92 bits per heavy atom. The van der Waals surface area contributed by atoms with Crippen LogP contribution in [0, 0.1) is 0 Å². The van der Waals surface area contributed by atoms with Gasteiger partial charge >= 0.3 is 5.97 Å². The third kappa shape index (κ3) is 4.64. The van der Waals surface area contributed by atoms with E-state index in [1.54, 1.807) is 24.0 Å². The van der Waals surface area contributed by atoms with Crippen molar-refractivity contribution in [2.24, 2.45) is 0 Å². The third-order valence-corrected chi connectivity index (χ3v) is 4.32. The van der Waals surface area contributed by atoms with Gasteiger partial charge in [-0.05, 0) is 33.3 Å². The van der Waals surface area contributed by atoms with Crippen LogP contribution in [0.2, 0.25) is 5.02 Å². The molecule has 1 aromatic carbocycles. The molecule has 0 aliphatic rings. The molecule has 1 heterocycles. The van der Waals surface area contributed by atoms with Gasteiger partial charge in [0.1, 0.15) is 5.69 Å². The molecule has 0 unspecified atom stereocenters. The highest BCUT2D eigenvalue weighted by molar-refractivity contribution is 6.33. The van der Waals surface area contributed by atoms with Crippen LogP contribution in [0.15, 0.2) is 30.5 Å². The number of amides is 1. The van der Waals surface area contributed by atoms with Gasteiger partial charge in [-0.2, -0.15) is 5.10 Å². The van der Waals surface area contributed by atoms with Crippen molar-refractivity contribution in [2.45, 2.75) is 39.2 Å². The quantitative estimate of drug-likeness (QED) is 0.828. The average Bonchev–Trinajstić information content (AvgIpc) is 2.99. The van der Waals surface area contributed by atoms with Gasteiger partial charge < -0.3 is 10.0 Å². The van der Waals surface area contributed by atoms with E-state index in [0.717, 1.165) is 0 Å². The fraction of sp³-hybridized carbons (Fsp3) is 0.421. The number of rotatable bonds is 6. The van der Waals surface area contributed by atoms with Gasteiger partial charge in [0.15, 0.2) is 0 Å². The van der Waals surface area contributed by atoms with Gasteiger partial charge in [0.25, 0.3) is 5.91 Å². The topological polar surface area (TPSA) is 75.4 Å². The van der Waals surface area contributed by atoms with Crippen LogP contribution in [0.4, 0.5) is 0 Å². The summed E-state index contributed by atoms with van der Waals surface area (Å²) in [6.45, 7) is 6.36. The second-order valence-electron chi connectivity index (χ2n) is 7.21. The van der Waals surface area contributed by atoms with Gasteiger partial charge in [-0.15, -0.1) is 0 Å². The zero-order valence-electron chi connectivity index (χ0n) is 15.5. The molecule has 0 radical (unpaired) electrons. The van der Waals surface area contributed by atoms with Gasteiger partial charge in [0.2, 0.25) is 0 Å². The van der Waals surface area contributed by atoms with Crippen molar-refractivity contribution in [3.05, 3.63) is 41.0 Å². The summed E-state index contributed by atoms with van der Waals surface area (Å²) in [4.78, 5) is 25.1. The second kappa shape index (κ2) is 7.91. The van der Waals surface area contributed by atoms with Crippen LogP contribution in [0.25, 0.3) is 11.3 Å². The van der Waals surface area contributed by atoms with Gasteiger partial charge in [0.05, 0.1) is 16.1 Å². The minimum absolute atomic E-state index is 0.0241. The molecule has 7 heteroatoms. The largest absolute Gasteiger partial charge is 0.481 e. The number of aliphatic carboxylic acids is 1. The smallest absolute Gasteiger partial charge is 0.303 e. The van der Waals surface area contributed by atoms with E-state index in [1.165, 1.54) is 4.90 Å². The number of carbonyl (C=O) groups is 2. The van der Waals surface area contributed by atoms with E-state index in [4.69, 9.17) is 16.7 Å². The Morgan fingerprint density at radius 1 is 1.27 bits per heavy atom. The molecule has 140 valence electrons. The molecular formula is C19H24ClN3O3. The molecule has 0 atom stereocenters. The molecule has 1 amide bonds. The van der Waals surface area contributed by atoms with Crippen molar-refractivity contribution in [2.75, 3.05) is 13.6 Å². The maximum atomic E-state index is 12.9. The lowest BCUT2D eigenvalue weighted by atomic mass is 10.1. The summed E-state index contributed by atoms with van der Waals surface area (Å²) in [5.74, 6) is -1.08. The summed E-state index contributed by atoms with van der Waals surface area (Å²) in [6.07, 6.45) is 2.15. The molecule has 0 saturated heterocycles. The van der Waals surface area contributed by atoms with Gasteiger partial charge in [-0.3, -0.25) is 14.3 Å². The molecule has 1 aromatic heterocycles. The van der Waals surface area contributed by atoms with Gasteiger partial charge in [0, 0.05) is 31.8 Å².